The molecule has 0 aliphatic rings. The van der Waals surface area contributed by atoms with Crippen molar-refractivity contribution >= 4 is 22.4 Å². The molecule has 0 aliphatic carbocycles. The van der Waals surface area contributed by atoms with Crippen LogP contribution in [0.2, 0.25) is 0 Å². The van der Waals surface area contributed by atoms with E-state index in [4.69, 9.17) is 0 Å². The van der Waals surface area contributed by atoms with E-state index in [1.165, 1.54) is 0 Å². The molecular weight excluding hydrogens is 264 g/mol. The van der Waals surface area contributed by atoms with Gasteiger partial charge in [0, 0.05) is 17.6 Å². The van der Waals surface area contributed by atoms with Gasteiger partial charge in [-0.3, -0.25) is 0 Å². The van der Waals surface area contributed by atoms with Crippen molar-refractivity contribution in [2.24, 2.45) is 0 Å². The highest BCUT2D eigenvalue weighted by Gasteiger charge is 2.10. The Labute approximate surface area is 125 Å². The maximum atomic E-state index is 11.3. The molecule has 2 aromatic carbocycles. The van der Waals surface area contributed by atoms with Gasteiger partial charge in [0.1, 0.15) is 0 Å². The minimum Gasteiger partial charge on any atom is -0.478 e. The average molecular weight is 286 g/mol. The van der Waals surface area contributed by atoms with Gasteiger partial charge in [0.25, 0.3) is 0 Å². The standard InChI is InChI=1S/C17H22N2O2/c1-19(2)12-6-5-11-18-16-10-9-15(17(20)21)13-7-3-4-8-14(13)16/h3-4,7-10,18H,5-6,11-12H2,1-2H3,(H,20,21). The fraction of sp³-hybridized carbons (Fsp3) is 0.353. The van der Waals surface area contributed by atoms with Gasteiger partial charge in [-0.15, -0.1) is 0 Å². The number of fused-ring (bicyclic) bond motifs is 1. The van der Waals surface area contributed by atoms with E-state index >= 15 is 0 Å². The lowest BCUT2D eigenvalue weighted by Gasteiger charge is -2.12. The van der Waals surface area contributed by atoms with E-state index in [0.717, 1.165) is 42.4 Å². The number of carboxylic acids is 1. The van der Waals surface area contributed by atoms with Crippen LogP contribution in [0.5, 0.6) is 0 Å². The minimum absolute atomic E-state index is 0.351. The first kappa shape index (κ1) is 15.3. The fourth-order valence-electron chi connectivity index (χ4n) is 2.42. The predicted octanol–water partition coefficient (Wildman–Crippen LogP) is 3.29. The van der Waals surface area contributed by atoms with Crippen LogP contribution in [0, 0.1) is 0 Å². The number of aromatic carboxylic acids is 1. The highest BCUT2D eigenvalue weighted by atomic mass is 16.4. The first-order valence-corrected chi connectivity index (χ1v) is 7.23. The highest BCUT2D eigenvalue weighted by Crippen LogP contribution is 2.26. The zero-order valence-corrected chi connectivity index (χ0v) is 12.6. The van der Waals surface area contributed by atoms with Crippen LogP contribution < -0.4 is 5.32 Å². The van der Waals surface area contributed by atoms with E-state index in [-0.39, 0.29) is 0 Å². The maximum absolute atomic E-state index is 11.3. The molecule has 112 valence electrons. The third-order valence-corrected chi connectivity index (χ3v) is 3.50. The molecule has 0 spiro atoms. The molecule has 0 aliphatic heterocycles. The third-order valence-electron chi connectivity index (χ3n) is 3.50. The zero-order chi connectivity index (χ0) is 15.2. The summed E-state index contributed by atoms with van der Waals surface area (Å²) in [5.41, 5.74) is 1.35. The van der Waals surface area contributed by atoms with Gasteiger partial charge in [0.05, 0.1) is 5.56 Å². The van der Waals surface area contributed by atoms with Crippen LogP contribution >= 0.6 is 0 Å². The zero-order valence-electron chi connectivity index (χ0n) is 12.6. The first-order chi connectivity index (χ1) is 10.1. The van der Waals surface area contributed by atoms with Crippen LogP contribution in [-0.2, 0) is 0 Å². The van der Waals surface area contributed by atoms with Crippen molar-refractivity contribution in [3.8, 4) is 0 Å². The maximum Gasteiger partial charge on any atom is 0.336 e. The van der Waals surface area contributed by atoms with E-state index in [1.54, 1.807) is 6.07 Å². The summed E-state index contributed by atoms with van der Waals surface area (Å²) < 4.78 is 0. The van der Waals surface area contributed by atoms with Gasteiger partial charge >= 0.3 is 5.97 Å². The normalized spacial score (nSPS) is 11.0. The van der Waals surface area contributed by atoms with Gasteiger partial charge < -0.3 is 15.3 Å². The highest BCUT2D eigenvalue weighted by molar-refractivity contribution is 6.07. The molecule has 0 saturated carbocycles. The smallest absolute Gasteiger partial charge is 0.336 e. The topological polar surface area (TPSA) is 52.6 Å². The molecule has 0 heterocycles. The van der Waals surface area contributed by atoms with E-state index in [9.17, 15) is 9.90 Å². The van der Waals surface area contributed by atoms with E-state index in [2.05, 4.69) is 24.3 Å². The minimum atomic E-state index is -0.885. The quantitative estimate of drug-likeness (QED) is 0.767. The molecule has 2 N–H and O–H groups in total. The van der Waals surface area contributed by atoms with Gasteiger partial charge in [0.15, 0.2) is 0 Å². The SMILES string of the molecule is CN(C)CCCCNc1ccc(C(=O)O)c2ccccc12. The molecule has 0 amide bonds. The Hall–Kier alpha value is -2.07. The molecule has 0 unspecified atom stereocenters. The molecular formula is C17H22N2O2. The van der Waals surface area contributed by atoms with Crippen LogP contribution in [0.4, 0.5) is 5.69 Å². The van der Waals surface area contributed by atoms with E-state index in [1.807, 2.05) is 30.3 Å². The summed E-state index contributed by atoms with van der Waals surface area (Å²) in [7, 11) is 4.15. The van der Waals surface area contributed by atoms with Crippen LogP contribution in [0.1, 0.15) is 23.2 Å². The number of nitrogens with zero attached hydrogens (tertiary/aromatic N) is 1. The van der Waals surface area contributed by atoms with Gasteiger partial charge in [0.2, 0.25) is 0 Å². The Kier molecular flexibility index (Phi) is 5.17. The van der Waals surface area contributed by atoms with Crippen LogP contribution in [0.3, 0.4) is 0 Å². The monoisotopic (exact) mass is 286 g/mol. The van der Waals surface area contributed by atoms with Crippen molar-refractivity contribution in [1.29, 1.82) is 0 Å². The summed E-state index contributed by atoms with van der Waals surface area (Å²) in [5, 5.41) is 14.4. The lowest BCUT2D eigenvalue weighted by Crippen LogP contribution is -2.14. The molecule has 2 aromatic rings. The largest absolute Gasteiger partial charge is 0.478 e. The number of benzene rings is 2. The number of rotatable bonds is 7. The number of unbranched alkanes of at least 4 members (excludes halogenated alkanes) is 1. The molecule has 0 saturated heterocycles. The summed E-state index contributed by atoms with van der Waals surface area (Å²) in [5.74, 6) is -0.885. The lowest BCUT2D eigenvalue weighted by molar-refractivity contribution is 0.0699. The molecule has 0 radical (unpaired) electrons. The Bertz CT molecular complexity index is 623. The molecule has 4 heteroatoms. The van der Waals surface area contributed by atoms with Gasteiger partial charge in [-0.05, 0) is 51.0 Å². The average Bonchev–Trinajstić information content (AvgIpc) is 2.46. The molecule has 0 aromatic heterocycles. The lowest BCUT2D eigenvalue weighted by atomic mass is 10.0. The van der Waals surface area contributed by atoms with Crippen LogP contribution in [0.25, 0.3) is 10.8 Å². The van der Waals surface area contributed by atoms with Crippen LogP contribution in [-0.4, -0.2) is 43.2 Å². The van der Waals surface area contributed by atoms with Crippen molar-refractivity contribution in [3.63, 3.8) is 0 Å². The van der Waals surface area contributed by atoms with Crippen molar-refractivity contribution in [2.45, 2.75) is 12.8 Å². The van der Waals surface area contributed by atoms with Crippen molar-refractivity contribution in [1.82, 2.24) is 4.90 Å². The van der Waals surface area contributed by atoms with Crippen LogP contribution in [0.15, 0.2) is 36.4 Å². The number of anilines is 1. The summed E-state index contributed by atoms with van der Waals surface area (Å²) in [6, 6.07) is 11.2. The van der Waals surface area contributed by atoms with E-state index < -0.39 is 5.97 Å². The Balaban J connectivity index is 2.11. The molecule has 0 fully saturated rings. The molecule has 4 nitrogen and oxygen atoms in total. The third kappa shape index (κ3) is 3.95. The summed E-state index contributed by atoms with van der Waals surface area (Å²) >= 11 is 0. The van der Waals surface area contributed by atoms with Gasteiger partial charge in [-0.25, -0.2) is 4.79 Å². The second kappa shape index (κ2) is 7.09. The molecule has 21 heavy (non-hydrogen) atoms. The van der Waals surface area contributed by atoms with Crippen molar-refractivity contribution < 1.29 is 9.90 Å². The van der Waals surface area contributed by atoms with Crippen molar-refractivity contribution in [2.75, 3.05) is 32.5 Å². The summed E-state index contributed by atoms with van der Waals surface area (Å²) in [6.45, 7) is 1.98. The van der Waals surface area contributed by atoms with Crippen molar-refractivity contribution in [3.05, 3.63) is 42.0 Å². The number of nitrogens with one attached hydrogen (secondary N) is 1. The summed E-state index contributed by atoms with van der Waals surface area (Å²) in [4.78, 5) is 13.4. The second-order valence-electron chi connectivity index (χ2n) is 5.45. The Morgan fingerprint density at radius 1 is 1.10 bits per heavy atom. The fourth-order valence-corrected chi connectivity index (χ4v) is 2.42. The van der Waals surface area contributed by atoms with E-state index in [0.29, 0.717) is 5.56 Å². The summed E-state index contributed by atoms with van der Waals surface area (Å²) in [6.07, 6.45) is 2.23. The predicted molar refractivity (Wildman–Crippen MR) is 87.2 cm³/mol. The Morgan fingerprint density at radius 2 is 1.81 bits per heavy atom. The molecule has 0 atom stereocenters. The number of hydrogen-bond donors (Lipinski definition) is 2. The second-order valence-corrected chi connectivity index (χ2v) is 5.45. The number of carbonyl (C=O) groups is 1. The molecule has 0 bridgehead atoms. The Morgan fingerprint density at radius 3 is 2.48 bits per heavy atom. The van der Waals surface area contributed by atoms with Gasteiger partial charge in [-0.1, -0.05) is 24.3 Å². The first-order valence-electron chi connectivity index (χ1n) is 7.23. The van der Waals surface area contributed by atoms with Gasteiger partial charge in [-0.2, -0.15) is 0 Å². The number of carboxylic acid groups (broad SMARTS) is 1. The number of hydrogen-bond acceptors (Lipinski definition) is 3. The molecule has 2 rings (SSSR count).